The summed E-state index contributed by atoms with van der Waals surface area (Å²) in [7, 11) is 0. The third-order valence-electron chi connectivity index (χ3n) is 5.81. The highest BCUT2D eigenvalue weighted by atomic mass is 32.1. The summed E-state index contributed by atoms with van der Waals surface area (Å²) in [6.45, 7) is 8.74. The summed E-state index contributed by atoms with van der Waals surface area (Å²) in [4.78, 5) is 22.0. The lowest BCUT2D eigenvalue weighted by Gasteiger charge is -2.44. The van der Waals surface area contributed by atoms with Crippen LogP contribution in [-0.2, 0) is 11.3 Å². The van der Waals surface area contributed by atoms with E-state index in [2.05, 4.69) is 27.3 Å². The molecule has 2 fully saturated rings. The minimum atomic E-state index is -4.18. The molecule has 1 atom stereocenters. The predicted octanol–water partition coefficient (Wildman–Crippen LogP) is 2.60. The highest BCUT2D eigenvalue weighted by Crippen LogP contribution is 2.22. The monoisotopic (exact) mass is 432 g/mol. The van der Waals surface area contributed by atoms with Crippen molar-refractivity contribution in [2.45, 2.75) is 32.6 Å². The molecule has 29 heavy (non-hydrogen) atoms. The number of rotatable bonds is 6. The Morgan fingerprint density at radius 1 is 1.14 bits per heavy atom. The second kappa shape index (κ2) is 9.76. The van der Waals surface area contributed by atoms with E-state index in [0.717, 1.165) is 19.6 Å². The van der Waals surface area contributed by atoms with Gasteiger partial charge in [0.05, 0.1) is 13.1 Å². The number of piperazine rings is 2. The fourth-order valence-electron chi connectivity index (χ4n) is 4.18. The van der Waals surface area contributed by atoms with Crippen LogP contribution in [0.2, 0.25) is 0 Å². The van der Waals surface area contributed by atoms with Crippen LogP contribution in [0.25, 0.3) is 0 Å². The Balaban J connectivity index is 1.48. The summed E-state index contributed by atoms with van der Waals surface area (Å²) in [5.74, 6) is 0.289. The van der Waals surface area contributed by atoms with Crippen molar-refractivity contribution in [2.75, 3.05) is 58.9 Å². The lowest BCUT2D eigenvalue weighted by Crippen LogP contribution is -2.59. The molecule has 1 amide bonds. The van der Waals surface area contributed by atoms with Crippen molar-refractivity contribution in [3.8, 4) is 0 Å². The van der Waals surface area contributed by atoms with Gasteiger partial charge >= 0.3 is 6.18 Å². The van der Waals surface area contributed by atoms with Crippen LogP contribution < -0.4 is 0 Å². The summed E-state index contributed by atoms with van der Waals surface area (Å²) in [6.07, 6.45) is -4.18. The fourth-order valence-corrected chi connectivity index (χ4v) is 4.93. The lowest BCUT2D eigenvalue weighted by atomic mass is 9.99. The minimum absolute atomic E-state index is 0.0323. The fraction of sp³-hybridized carbons (Fsp3) is 0.750. The van der Waals surface area contributed by atoms with Crippen molar-refractivity contribution in [3.63, 3.8) is 0 Å². The first-order chi connectivity index (χ1) is 13.7. The van der Waals surface area contributed by atoms with Crippen LogP contribution in [0.1, 0.15) is 18.7 Å². The maximum absolute atomic E-state index is 12.8. The summed E-state index contributed by atoms with van der Waals surface area (Å²) in [5, 5.41) is 2.08. The van der Waals surface area contributed by atoms with Crippen molar-refractivity contribution in [2.24, 2.45) is 5.92 Å². The molecule has 5 nitrogen and oxygen atoms in total. The van der Waals surface area contributed by atoms with E-state index in [-0.39, 0.29) is 17.9 Å². The standard InChI is InChI=1S/C20H31F3N4OS/c1-16(2)18-13-25(15-20(21,22)23)7-10-27(18)14-19(28)26-8-5-24(6-9-26)12-17-4-3-11-29-17/h3-4,11,16,18H,5-10,12-15H2,1-2H3. The van der Waals surface area contributed by atoms with Gasteiger partial charge in [-0.05, 0) is 17.4 Å². The van der Waals surface area contributed by atoms with Crippen LogP contribution in [0, 0.1) is 5.92 Å². The van der Waals surface area contributed by atoms with Gasteiger partial charge in [0, 0.05) is 63.3 Å². The minimum Gasteiger partial charge on any atom is -0.339 e. The molecule has 2 aliphatic rings. The summed E-state index contributed by atoms with van der Waals surface area (Å²) in [6, 6.07) is 4.15. The van der Waals surface area contributed by atoms with Crippen molar-refractivity contribution >= 4 is 17.2 Å². The second-order valence-corrected chi connectivity index (χ2v) is 9.40. The Hall–Kier alpha value is -1.16. The molecule has 0 aromatic carbocycles. The molecule has 0 spiro atoms. The van der Waals surface area contributed by atoms with Gasteiger partial charge in [0.2, 0.25) is 5.91 Å². The first-order valence-electron chi connectivity index (χ1n) is 10.3. The SMILES string of the molecule is CC(C)C1CN(CC(F)(F)F)CCN1CC(=O)N1CCN(Cc2cccs2)CC1. The van der Waals surface area contributed by atoms with Gasteiger partial charge in [0.1, 0.15) is 0 Å². The Kier molecular flexibility index (Phi) is 7.58. The molecular formula is C20H31F3N4OS. The van der Waals surface area contributed by atoms with Crippen LogP contribution in [0.3, 0.4) is 0 Å². The Morgan fingerprint density at radius 3 is 2.41 bits per heavy atom. The molecule has 3 rings (SSSR count). The van der Waals surface area contributed by atoms with Gasteiger partial charge < -0.3 is 4.90 Å². The van der Waals surface area contributed by atoms with Crippen LogP contribution in [-0.4, -0.2) is 96.6 Å². The third kappa shape index (κ3) is 6.67. The molecule has 1 aromatic heterocycles. The number of thiophene rings is 1. The zero-order chi connectivity index (χ0) is 21.0. The lowest BCUT2D eigenvalue weighted by molar-refractivity contribution is -0.154. The number of hydrogen-bond donors (Lipinski definition) is 0. The number of carbonyl (C=O) groups is 1. The Bertz CT molecular complexity index is 645. The number of carbonyl (C=O) groups excluding carboxylic acids is 1. The van der Waals surface area contributed by atoms with Crippen LogP contribution in [0.4, 0.5) is 13.2 Å². The van der Waals surface area contributed by atoms with Crippen molar-refractivity contribution < 1.29 is 18.0 Å². The van der Waals surface area contributed by atoms with Gasteiger partial charge in [-0.3, -0.25) is 19.5 Å². The van der Waals surface area contributed by atoms with Gasteiger partial charge in [-0.15, -0.1) is 11.3 Å². The first-order valence-corrected chi connectivity index (χ1v) is 11.1. The zero-order valence-electron chi connectivity index (χ0n) is 17.2. The van der Waals surface area contributed by atoms with E-state index in [1.165, 1.54) is 9.78 Å². The van der Waals surface area contributed by atoms with E-state index in [0.29, 0.717) is 39.3 Å². The molecule has 2 aliphatic heterocycles. The first kappa shape index (κ1) is 22.5. The molecule has 1 aromatic rings. The normalized spacial score (nSPS) is 23.1. The molecule has 0 bridgehead atoms. The van der Waals surface area contributed by atoms with E-state index in [9.17, 15) is 18.0 Å². The molecule has 1 unspecified atom stereocenters. The van der Waals surface area contributed by atoms with Crippen molar-refractivity contribution in [1.82, 2.24) is 19.6 Å². The number of halogens is 3. The maximum Gasteiger partial charge on any atom is 0.401 e. The number of amides is 1. The largest absolute Gasteiger partial charge is 0.401 e. The number of hydrogen-bond acceptors (Lipinski definition) is 5. The van der Waals surface area contributed by atoms with Gasteiger partial charge in [-0.2, -0.15) is 13.2 Å². The Labute approximate surface area is 175 Å². The van der Waals surface area contributed by atoms with Gasteiger partial charge in [-0.1, -0.05) is 19.9 Å². The molecule has 2 saturated heterocycles. The summed E-state index contributed by atoms with van der Waals surface area (Å²) < 4.78 is 38.2. The van der Waals surface area contributed by atoms with E-state index in [1.54, 1.807) is 11.3 Å². The van der Waals surface area contributed by atoms with Crippen molar-refractivity contribution in [3.05, 3.63) is 22.4 Å². The predicted molar refractivity (Wildman–Crippen MR) is 109 cm³/mol. The number of nitrogens with zero attached hydrogens (tertiary/aromatic N) is 4. The quantitative estimate of drug-likeness (QED) is 0.691. The molecule has 0 aliphatic carbocycles. The van der Waals surface area contributed by atoms with Gasteiger partial charge in [-0.25, -0.2) is 0 Å². The third-order valence-corrected chi connectivity index (χ3v) is 6.67. The molecule has 0 radical (unpaired) electrons. The van der Waals surface area contributed by atoms with Gasteiger partial charge in [0.25, 0.3) is 0 Å². The molecule has 3 heterocycles. The summed E-state index contributed by atoms with van der Waals surface area (Å²) in [5.41, 5.74) is 0. The highest BCUT2D eigenvalue weighted by Gasteiger charge is 2.37. The topological polar surface area (TPSA) is 30.0 Å². The molecule has 164 valence electrons. The average Bonchev–Trinajstić information content (AvgIpc) is 3.15. The highest BCUT2D eigenvalue weighted by molar-refractivity contribution is 7.09. The average molecular weight is 433 g/mol. The van der Waals surface area contributed by atoms with Crippen LogP contribution >= 0.6 is 11.3 Å². The Morgan fingerprint density at radius 2 is 1.83 bits per heavy atom. The smallest absolute Gasteiger partial charge is 0.339 e. The zero-order valence-corrected chi connectivity index (χ0v) is 18.0. The van der Waals surface area contributed by atoms with Crippen LogP contribution in [0.5, 0.6) is 0 Å². The van der Waals surface area contributed by atoms with Crippen LogP contribution in [0.15, 0.2) is 17.5 Å². The van der Waals surface area contributed by atoms with E-state index >= 15 is 0 Å². The summed E-state index contributed by atoms with van der Waals surface area (Å²) >= 11 is 1.75. The van der Waals surface area contributed by atoms with E-state index in [4.69, 9.17) is 0 Å². The maximum atomic E-state index is 12.8. The van der Waals surface area contributed by atoms with E-state index in [1.807, 2.05) is 18.7 Å². The second-order valence-electron chi connectivity index (χ2n) is 8.37. The molecule has 0 N–H and O–H groups in total. The van der Waals surface area contributed by atoms with E-state index < -0.39 is 12.7 Å². The molecule has 9 heteroatoms. The van der Waals surface area contributed by atoms with Gasteiger partial charge in [0.15, 0.2) is 0 Å². The molecular weight excluding hydrogens is 401 g/mol. The van der Waals surface area contributed by atoms with Crippen molar-refractivity contribution in [1.29, 1.82) is 0 Å². The number of alkyl halides is 3. The molecule has 0 saturated carbocycles.